The normalized spacial score (nSPS) is 11.7. The van der Waals surface area contributed by atoms with Crippen LogP contribution in [0, 0.1) is 36.4 Å². The Hall–Kier alpha value is -16.5. The zero-order valence-electron chi connectivity index (χ0n) is 77.0. The van der Waals surface area contributed by atoms with Crippen LogP contribution < -0.4 is 0 Å². The van der Waals surface area contributed by atoms with Crippen molar-refractivity contribution in [3.8, 4) is 86.5 Å². The Morgan fingerprint density at radius 1 is 0.171 bits per heavy atom. The molecule has 146 heavy (non-hydrogen) atoms. The Labute approximate surface area is 890 Å². The first-order chi connectivity index (χ1) is 71.0. The summed E-state index contributed by atoms with van der Waals surface area (Å²) in [5, 5.41) is 25.0. The Bertz CT molecular complexity index is 10400. The SMILES string of the molecule is [Pt+2].[Pt+2].[Pt+2].[c-]1c(-c2ncc(-n3c4ccccc4c4ccccc43)s2)ccc2c3ccccc3n(-c3[c-]c4c(cc3)c3ccccc3n4-c3ccccn3)c12.[c-]1c(-c2ncc(-n3c4ccccc4c4ccccc43)s2)cccc1-n1c2[c-]c(-c3ccccn3)ccc2c2ccccc21.[c-]1c(-n2c3[c-]c(-c4ncc(-n5c6ccccc6c6ccccc65)s4)ccc3c3ccccc32)cccc1-n1c2ccccc2c2cccnc21. The maximum absolute atomic E-state index is 4.97. The summed E-state index contributed by atoms with van der Waals surface area (Å²) in [5.41, 5.74) is 26.0. The topological polar surface area (TPSA) is 117 Å². The van der Waals surface area contributed by atoms with Gasteiger partial charge in [-0.1, -0.05) is 257 Å². The van der Waals surface area contributed by atoms with Crippen molar-refractivity contribution in [2.45, 2.75) is 0 Å². The molecule has 0 aliphatic rings. The van der Waals surface area contributed by atoms with Crippen molar-refractivity contribution in [2.75, 3.05) is 0 Å². The third kappa shape index (κ3) is 14.6. The number of thiazole rings is 3. The van der Waals surface area contributed by atoms with E-state index in [0.29, 0.717) is 0 Å². The molecule has 0 unspecified atom stereocenters. The molecule has 0 saturated heterocycles. The molecular weight excluding hydrogens is 2390 g/mol. The minimum absolute atomic E-state index is 0. The molecule has 17 aromatic carbocycles. The van der Waals surface area contributed by atoms with Crippen molar-refractivity contribution >= 4 is 209 Å². The molecule has 0 atom stereocenters. The first-order valence-electron chi connectivity index (χ1n) is 47.4. The summed E-state index contributed by atoms with van der Waals surface area (Å²) >= 11 is 5.06. The third-order valence-electron chi connectivity index (χ3n) is 27.7. The molecule has 0 spiro atoms. The molecule has 0 N–H and O–H groups in total. The molecule has 0 radical (unpaired) electrons. The second-order valence-corrected chi connectivity index (χ2v) is 38.6. The summed E-state index contributed by atoms with van der Waals surface area (Å²) in [4.78, 5) is 28.9. The molecule has 0 aliphatic heterocycles. The van der Waals surface area contributed by atoms with Crippen LogP contribution >= 0.6 is 34.0 Å². The van der Waals surface area contributed by atoms with Crippen molar-refractivity contribution in [1.82, 2.24) is 66.4 Å². The van der Waals surface area contributed by atoms with E-state index < -0.39 is 0 Å². The molecule has 0 amide bonds. The van der Waals surface area contributed by atoms with Gasteiger partial charge in [0, 0.05) is 98.8 Å². The number of hydrogen-bond acceptors (Lipinski definition) is 9. The molecular formula is C126H72N14Pt3S3. The summed E-state index contributed by atoms with van der Waals surface area (Å²) in [6.45, 7) is 0. The zero-order chi connectivity index (χ0) is 93.8. The van der Waals surface area contributed by atoms with Crippen LogP contribution in [0.4, 0.5) is 0 Å². The molecule has 0 bridgehead atoms. The van der Waals surface area contributed by atoms with Crippen LogP contribution in [0.2, 0.25) is 0 Å². The van der Waals surface area contributed by atoms with E-state index in [4.69, 9.17) is 24.9 Å². The quantitative estimate of drug-likeness (QED) is 0.113. The van der Waals surface area contributed by atoms with Crippen LogP contribution in [-0.2, 0) is 63.2 Å². The molecule has 20 heteroatoms. The number of pyridine rings is 3. The average molecular weight is 2460 g/mol. The first kappa shape index (κ1) is 89.6. The molecule has 694 valence electrons. The van der Waals surface area contributed by atoms with Gasteiger partial charge in [-0.3, -0.25) is 28.7 Å². The van der Waals surface area contributed by atoms with E-state index in [-0.39, 0.29) is 63.2 Å². The van der Waals surface area contributed by atoms with Gasteiger partial charge in [0.1, 0.15) is 26.5 Å². The van der Waals surface area contributed by atoms with E-state index in [0.717, 1.165) is 169 Å². The zero-order valence-corrected chi connectivity index (χ0v) is 86.3. The van der Waals surface area contributed by atoms with Crippen LogP contribution in [-0.4, -0.2) is 66.4 Å². The summed E-state index contributed by atoms with van der Waals surface area (Å²) < 4.78 is 18.2. The minimum atomic E-state index is 0. The van der Waals surface area contributed by atoms with Crippen molar-refractivity contribution in [3.05, 3.63) is 474 Å². The number of rotatable bonds is 12. The summed E-state index contributed by atoms with van der Waals surface area (Å²) in [6.07, 6.45) is 11.5. The van der Waals surface area contributed by atoms with E-state index in [1.807, 2.05) is 73.6 Å². The average Bonchev–Trinajstić information content (AvgIpc) is 1.50. The number of nitrogens with zero attached hydrogens (tertiary/aromatic N) is 14. The molecule has 0 aliphatic carbocycles. The van der Waals surface area contributed by atoms with Gasteiger partial charge in [-0.05, 0) is 147 Å². The fourth-order valence-corrected chi connectivity index (χ4v) is 24.3. The van der Waals surface area contributed by atoms with Crippen LogP contribution in [0.3, 0.4) is 0 Å². The Morgan fingerprint density at radius 3 is 0.842 bits per heavy atom. The first-order valence-corrected chi connectivity index (χ1v) is 49.8. The standard InChI is InChI=1S/2C44H25N5S.C38H22N4S.3Pt/c1-5-18-37-33(15-1)35-23-22-28(44-46-27-42(50-44)49-39-20-7-2-13-31(39)32-14-3-8-21-40(32)49)25-41(35)47(37)29-11-9-12-30(26-29)48-38-19-6-4-16-34(38)36-17-10-24-45-43(36)48;1-5-15-36-32(13-1)34-22-20-28(44-46-27-43(50-44)49-38-17-7-3-11-30(38)31-12-4-8-18-39(31)49)25-40(34)47(36)29-21-23-35-33-14-2-6-16-37(33)48(41(35)26-29)42-19-9-10-24-45-42;1-4-16-33-30(14-1)31-20-19-25(32-15-7-8-21-39-32)23-36(31)41(33)27-11-9-10-26(22-27)38-40-24-37(43-38)42-34-17-5-2-12-28(34)29-13-3-6-18-35(29)42;;;/h2*1-24,27H;1-21,24H;;;/q3*-2;3*+2. The van der Waals surface area contributed by atoms with E-state index in [1.54, 1.807) is 34.0 Å². The van der Waals surface area contributed by atoms with Gasteiger partial charge in [-0.15, -0.1) is 171 Å². The molecule has 0 fully saturated rings. The van der Waals surface area contributed by atoms with Gasteiger partial charge < -0.3 is 27.8 Å². The number of hydrogen-bond donors (Lipinski definition) is 0. The van der Waals surface area contributed by atoms with Crippen LogP contribution in [0.1, 0.15) is 0 Å². The largest absolute Gasteiger partial charge is 2.00 e. The van der Waals surface area contributed by atoms with Crippen LogP contribution in [0.5, 0.6) is 0 Å². The monoisotopic (exact) mass is 2460 g/mol. The van der Waals surface area contributed by atoms with Gasteiger partial charge in [0.2, 0.25) is 0 Å². The van der Waals surface area contributed by atoms with Crippen molar-refractivity contribution in [1.29, 1.82) is 0 Å². The molecule has 31 aromatic rings. The van der Waals surface area contributed by atoms with Gasteiger partial charge in [-0.2, -0.15) is 12.1 Å². The number of benzene rings is 17. The minimum Gasteiger partial charge on any atom is -0.352 e. The summed E-state index contributed by atoms with van der Waals surface area (Å²) in [5.74, 6) is 0.867. The molecule has 0 saturated carbocycles. The predicted octanol–water partition coefficient (Wildman–Crippen LogP) is 31.9. The predicted molar refractivity (Wildman–Crippen MR) is 589 cm³/mol. The van der Waals surface area contributed by atoms with Crippen LogP contribution in [0.25, 0.3) is 261 Å². The van der Waals surface area contributed by atoms with Gasteiger partial charge >= 0.3 is 63.2 Å². The van der Waals surface area contributed by atoms with Crippen molar-refractivity contribution < 1.29 is 63.2 Å². The third-order valence-corrected chi connectivity index (χ3v) is 30.7. The Balaban J connectivity index is 0.000000111. The van der Waals surface area contributed by atoms with E-state index >= 15 is 0 Å². The van der Waals surface area contributed by atoms with Gasteiger partial charge in [0.15, 0.2) is 0 Å². The number of aromatic nitrogens is 14. The summed E-state index contributed by atoms with van der Waals surface area (Å²) in [7, 11) is 0. The van der Waals surface area contributed by atoms with E-state index in [9.17, 15) is 0 Å². The molecule has 14 aromatic heterocycles. The molecule has 14 nitrogen and oxygen atoms in total. The van der Waals surface area contributed by atoms with Gasteiger partial charge in [0.05, 0.1) is 57.2 Å². The fraction of sp³-hybridized carbons (Fsp3) is 0. The maximum atomic E-state index is 4.97. The smallest absolute Gasteiger partial charge is 0.352 e. The van der Waals surface area contributed by atoms with Crippen molar-refractivity contribution in [3.63, 3.8) is 0 Å². The van der Waals surface area contributed by atoms with E-state index in [2.05, 4.69) is 442 Å². The number of para-hydroxylation sites is 11. The van der Waals surface area contributed by atoms with Gasteiger partial charge in [0.25, 0.3) is 0 Å². The Morgan fingerprint density at radius 2 is 0.452 bits per heavy atom. The molecule has 31 rings (SSSR count). The van der Waals surface area contributed by atoms with Gasteiger partial charge in [-0.25, -0.2) is 9.97 Å². The summed E-state index contributed by atoms with van der Waals surface area (Å²) in [6, 6.07) is 163. The molecule has 14 heterocycles. The number of fused-ring (bicyclic) bond motifs is 24. The second kappa shape index (κ2) is 36.7. The Kier molecular flexibility index (Phi) is 22.6. The van der Waals surface area contributed by atoms with Crippen molar-refractivity contribution in [2.24, 2.45) is 0 Å². The maximum Gasteiger partial charge on any atom is 2.00 e. The van der Waals surface area contributed by atoms with Crippen LogP contribution in [0.15, 0.2) is 438 Å². The fourth-order valence-electron chi connectivity index (χ4n) is 21.5. The second-order valence-electron chi connectivity index (χ2n) is 35.5. The van der Waals surface area contributed by atoms with E-state index in [1.165, 1.54) is 92.3 Å².